The molecule has 2 aliphatic carbocycles. The third kappa shape index (κ3) is 2.70. The summed E-state index contributed by atoms with van der Waals surface area (Å²) in [5, 5.41) is 20.8. The molecule has 0 aliphatic heterocycles. The van der Waals surface area contributed by atoms with Gasteiger partial charge in [0.25, 0.3) is 0 Å². The van der Waals surface area contributed by atoms with E-state index in [1.54, 1.807) is 24.3 Å². The molecule has 5 rings (SSSR count). The number of hydrogen-bond acceptors (Lipinski definition) is 5. The first-order chi connectivity index (χ1) is 14.1. The molecule has 0 saturated heterocycles. The Hall–Kier alpha value is -3.28. The second-order valence-corrected chi connectivity index (χ2v) is 7.38. The van der Waals surface area contributed by atoms with Crippen molar-refractivity contribution in [3.63, 3.8) is 0 Å². The summed E-state index contributed by atoms with van der Waals surface area (Å²) in [5.74, 6) is -0.187. The Morgan fingerprint density at radius 2 is 1.52 bits per heavy atom. The van der Waals surface area contributed by atoms with Gasteiger partial charge in [0.15, 0.2) is 11.6 Å². The van der Waals surface area contributed by atoms with Crippen molar-refractivity contribution >= 4 is 11.6 Å². The number of ether oxygens (including phenoxy) is 1. The molecule has 0 heterocycles. The summed E-state index contributed by atoms with van der Waals surface area (Å²) in [7, 11) is 0. The first-order valence-electron chi connectivity index (χ1n) is 9.47. The molecule has 0 amide bonds. The fourth-order valence-corrected chi connectivity index (χ4v) is 4.23. The SMILES string of the molecule is O=C1c2ccccc2C(=O)c2c1cc(OCc1ccccc1)c1c2C[C@@H](O)[C@H]1O. The summed E-state index contributed by atoms with van der Waals surface area (Å²) in [6.07, 6.45) is -2.11. The van der Waals surface area contributed by atoms with E-state index in [-0.39, 0.29) is 35.7 Å². The maximum absolute atomic E-state index is 13.2. The molecule has 0 radical (unpaired) electrons. The number of rotatable bonds is 3. The van der Waals surface area contributed by atoms with Crippen molar-refractivity contribution < 1.29 is 24.5 Å². The Balaban J connectivity index is 1.66. The van der Waals surface area contributed by atoms with E-state index < -0.39 is 12.2 Å². The molecule has 3 aromatic carbocycles. The Bertz CT molecular complexity index is 1150. The maximum atomic E-state index is 13.2. The van der Waals surface area contributed by atoms with Crippen LogP contribution in [-0.2, 0) is 13.0 Å². The van der Waals surface area contributed by atoms with Crippen molar-refractivity contribution in [1.29, 1.82) is 0 Å². The van der Waals surface area contributed by atoms with E-state index in [4.69, 9.17) is 4.74 Å². The van der Waals surface area contributed by atoms with Crippen molar-refractivity contribution in [2.75, 3.05) is 0 Å². The van der Waals surface area contributed by atoms with Gasteiger partial charge in [-0.1, -0.05) is 54.6 Å². The minimum atomic E-state index is -1.17. The van der Waals surface area contributed by atoms with Crippen LogP contribution in [0.3, 0.4) is 0 Å². The molecule has 0 saturated carbocycles. The molecule has 2 N–H and O–H groups in total. The zero-order chi connectivity index (χ0) is 20.1. The van der Waals surface area contributed by atoms with Crippen LogP contribution in [0.25, 0.3) is 0 Å². The van der Waals surface area contributed by atoms with Crippen molar-refractivity contribution in [2.45, 2.75) is 25.2 Å². The van der Waals surface area contributed by atoms with Gasteiger partial charge < -0.3 is 14.9 Å². The summed E-state index contributed by atoms with van der Waals surface area (Å²) in [4.78, 5) is 26.3. The smallest absolute Gasteiger partial charge is 0.194 e. The molecular formula is C24H18O5. The number of hydrogen-bond donors (Lipinski definition) is 2. The lowest BCUT2D eigenvalue weighted by molar-refractivity contribution is 0.0310. The molecule has 0 unspecified atom stereocenters. The Labute approximate surface area is 167 Å². The van der Waals surface area contributed by atoms with E-state index in [9.17, 15) is 19.8 Å². The van der Waals surface area contributed by atoms with Crippen LogP contribution in [0.5, 0.6) is 5.75 Å². The maximum Gasteiger partial charge on any atom is 0.194 e. The number of carbonyl (C=O) groups excluding carboxylic acids is 2. The monoisotopic (exact) mass is 386 g/mol. The summed E-state index contributed by atoms with van der Waals surface area (Å²) >= 11 is 0. The number of ketones is 2. The number of aliphatic hydroxyl groups excluding tert-OH is 2. The minimum Gasteiger partial charge on any atom is -0.488 e. The minimum absolute atomic E-state index is 0.0998. The van der Waals surface area contributed by atoms with Crippen molar-refractivity contribution in [2.24, 2.45) is 0 Å². The molecule has 0 fully saturated rings. The van der Waals surface area contributed by atoms with Gasteiger partial charge in [0.1, 0.15) is 18.5 Å². The second-order valence-electron chi connectivity index (χ2n) is 7.38. The van der Waals surface area contributed by atoms with Gasteiger partial charge >= 0.3 is 0 Å². The fraction of sp³-hybridized carbons (Fsp3) is 0.167. The van der Waals surface area contributed by atoms with E-state index in [2.05, 4.69) is 0 Å². The average Bonchev–Trinajstić information content (AvgIpc) is 3.05. The van der Waals surface area contributed by atoms with Gasteiger partial charge in [-0.05, 0) is 17.2 Å². The van der Waals surface area contributed by atoms with E-state index in [1.165, 1.54) is 6.07 Å². The van der Waals surface area contributed by atoms with Crippen LogP contribution in [0.1, 0.15) is 54.6 Å². The van der Waals surface area contributed by atoms with Crippen LogP contribution >= 0.6 is 0 Å². The molecule has 29 heavy (non-hydrogen) atoms. The van der Waals surface area contributed by atoms with Gasteiger partial charge in [0.05, 0.1) is 6.10 Å². The lowest BCUT2D eigenvalue weighted by Gasteiger charge is -2.22. The summed E-state index contributed by atoms with van der Waals surface area (Å²) in [5.41, 5.74) is 3.06. The van der Waals surface area contributed by atoms with E-state index in [1.807, 2.05) is 30.3 Å². The zero-order valence-corrected chi connectivity index (χ0v) is 15.5. The van der Waals surface area contributed by atoms with Crippen molar-refractivity contribution in [3.8, 4) is 5.75 Å². The van der Waals surface area contributed by atoms with E-state index >= 15 is 0 Å². The number of aliphatic hydroxyl groups is 2. The molecule has 3 aromatic rings. The van der Waals surface area contributed by atoms with Crippen LogP contribution in [-0.4, -0.2) is 27.9 Å². The third-order valence-corrected chi connectivity index (χ3v) is 5.64. The van der Waals surface area contributed by atoms with Crippen LogP contribution in [0.4, 0.5) is 0 Å². The number of benzene rings is 3. The highest BCUT2D eigenvalue weighted by molar-refractivity contribution is 6.29. The highest BCUT2D eigenvalue weighted by Crippen LogP contribution is 2.44. The summed E-state index contributed by atoms with van der Waals surface area (Å²) in [6, 6.07) is 17.8. The molecule has 144 valence electrons. The number of carbonyl (C=O) groups is 2. The van der Waals surface area contributed by atoms with Crippen LogP contribution in [0.15, 0.2) is 60.7 Å². The molecule has 0 aromatic heterocycles. The first kappa shape index (κ1) is 17.8. The zero-order valence-electron chi connectivity index (χ0n) is 15.5. The summed E-state index contributed by atoms with van der Waals surface area (Å²) < 4.78 is 5.96. The average molecular weight is 386 g/mol. The Morgan fingerprint density at radius 3 is 2.24 bits per heavy atom. The van der Waals surface area contributed by atoms with E-state index in [0.717, 1.165) is 5.56 Å². The van der Waals surface area contributed by atoms with Crippen molar-refractivity contribution in [3.05, 3.63) is 99.6 Å². The summed E-state index contributed by atoms with van der Waals surface area (Å²) in [6.45, 7) is 0.244. The molecule has 0 bridgehead atoms. The van der Waals surface area contributed by atoms with Gasteiger partial charge in [-0.25, -0.2) is 0 Å². The Morgan fingerprint density at radius 1 is 0.862 bits per heavy atom. The van der Waals surface area contributed by atoms with Gasteiger partial charge in [-0.2, -0.15) is 0 Å². The topological polar surface area (TPSA) is 83.8 Å². The normalized spacial score (nSPS) is 19.5. The molecule has 5 heteroatoms. The van der Waals surface area contributed by atoms with Gasteiger partial charge in [-0.15, -0.1) is 0 Å². The van der Waals surface area contributed by atoms with Gasteiger partial charge in [0, 0.05) is 34.2 Å². The fourth-order valence-electron chi connectivity index (χ4n) is 4.23. The first-order valence-corrected chi connectivity index (χ1v) is 9.47. The second kappa shape index (κ2) is 6.65. The van der Waals surface area contributed by atoms with E-state index in [0.29, 0.717) is 28.0 Å². The predicted octanol–water partition coefficient (Wildman–Crippen LogP) is 2.99. The standard InChI is InChI=1S/C24H18O5/c25-18-10-16-20-17(22(26)14-8-4-5-9-15(14)23(20)27)11-19(21(16)24(18)28)29-12-13-6-2-1-3-7-13/h1-9,11,18,24-25,28H,10,12H2/t18-,24-/m1/s1. The molecular weight excluding hydrogens is 368 g/mol. The molecule has 5 nitrogen and oxygen atoms in total. The Kier molecular flexibility index (Phi) is 4.08. The molecule has 2 atom stereocenters. The van der Waals surface area contributed by atoms with Gasteiger partial charge in [0.2, 0.25) is 0 Å². The lowest BCUT2D eigenvalue weighted by atomic mass is 9.80. The van der Waals surface area contributed by atoms with Gasteiger partial charge in [-0.3, -0.25) is 9.59 Å². The highest BCUT2D eigenvalue weighted by Gasteiger charge is 2.41. The largest absolute Gasteiger partial charge is 0.488 e. The lowest BCUT2D eigenvalue weighted by Crippen LogP contribution is -2.23. The van der Waals surface area contributed by atoms with Crippen LogP contribution in [0.2, 0.25) is 0 Å². The molecule has 0 spiro atoms. The highest BCUT2D eigenvalue weighted by atomic mass is 16.5. The van der Waals surface area contributed by atoms with Crippen LogP contribution < -0.4 is 4.74 Å². The van der Waals surface area contributed by atoms with Crippen LogP contribution in [0, 0.1) is 0 Å². The predicted molar refractivity (Wildman–Crippen MR) is 105 cm³/mol. The third-order valence-electron chi connectivity index (χ3n) is 5.64. The number of fused-ring (bicyclic) bond motifs is 4. The molecule has 2 aliphatic rings. The quantitative estimate of drug-likeness (QED) is 0.566. The van der Waals surface area contributed by atoms with Crippen molar-refractivity contribution in [1.82, 2.24) is 0 Å².